The summed E-state index contributed by atoms with van der Waals surface area (Å²) in [6.45, 7) is 11.3. The summed E-state index contributed by atoms with van der Waals surface area (Å²) in [6.07, 6.45) is 3.17. The van der Waals surface area contributed by atoms with E-state index < -0.39 is 0 Å². The average Bonchev–Trinajstić information content (AvgIpc) is 2.35. The number of nitrogen functional groups attached to an aromatic ring is 1. The van der Waals surface area contributed by atoms with Crippen LogP contribution in [0.3, 0.4) is 0 Å². The van der Waals surface area contributed by atoms with Crippen LogP contribution in [0.5, 0.6) is 0 Å². The predicted octanol–water partition coefficient (Wildman–Crippen LogP) is 1.50. The smallest absolute Gasteiger partial charge is 0.123 e. The van der Waals surface area contributed by atoms with Crippen molar-refractivity contribution < 1.29 is 0 Å². The number of rotatable bonds is 4. The summed E-state index contributed by atoms with van der Waals surface area (Å²) in [5.74, 6) is 0.615. The third-order valence-electron chi connectivity index (χ3n) is 3.64. The van der Waals surface area contributed by atoms with Crippen molar-refractivity contribution in [2.45, 2.75) is 26.8 Å². The second-order valence-corrected chi connectivity index (χ2v) is 5.15. The Labute approximate surface area is 110 Å². The number of hydrogen-bond donors (Lipinski definition) is 1. The summed E-state index contributed by atoms with van der Waals surface area (Å²) >= 11 is 0. The molecular formula is C14H24N4. The highest BCUT2D eigenvalue weighted by Crippen LogP contribution is 2.13. The van der Waals surface area contributed by atoms with Crippen molar-refractivity contribution in [1.82, 2.24) is 14.8 Å². The Morgan fingerprint density at radius 3 is 2.50 bits per heavy atom. The molecule has 1 fully saturated rings. The van der Waals surface area contributed by atoms with E-state index in [0.717, 1.165) is 19.6 Å². The summed E-state index contributed by atoms with van der Waals surface area (Å²) in [5, 5.41) is 0. The van der Waals surface area contributed by atoms with E-state index >= 15 is 0 Å². The predicted molar refractivity (Wildman–Crippen MR) is 75.4 cm³/mol. The largest absolute Gasteiger partial charge is 0.384 e. The first-order chi connectivity index (χ1) is 8.69. The molecule has 0 spiro atoms. The Morgan fingerprint density at radius 2 is 1.89 bits per heavy atom. The van der Waals surface area contributed by atoms with Gasteiger partial charge in [-0.05, 0) is 37.1 Å². The van der Waals surface area contributed by atoms with Crippen molar-refractivity contribution in [2.75, 3.05) is 38.5 Å². The first kappa shape index (κ1) is 13.3. The number of anilines is 1. The molecule has 1 aliphatic heterocycles. The monoisotopic (exact) mass is 248 g/mol. The number of nitrogens with zero attached hydrogens (tertiary/aromatic N) is 3. The van der Waals surface area contributed by atoms with Crippen molar-refractivity contribution in [3.63, 3.8) is 0 Å². The van der Waals surface area contributed by atoms with Crippen molar-refractivity contribution in [1.29, 1.82) is 0 Å². The minimum absolute atomic E-state index is 0.615. The van der Waals surface area contributed by atoms with Crippen LogP contribution in [0.25, 0.3) is 0 Å². The highest BCUT2D eigenvalue weighted by molar-refractivity contribution is 5.36. The Bertz CT molecular complexity index is 383. The number of nitrogens with two attached hydrogens (primary N) is 1. The summed E-state index contributed by atoms with van der Waals surface area (Å²) in [6, 6.07) is 1.96. The van der Waals surface area contributed by atoms with Crippen molar-refractivity contribution >= 4 is 5.82 Å². The van der Waals surface area contributed by atoms with Gasteiger partial charge in [-0.1, -0.05) is 6.92 Å². The first-order valence-corrected chi connectivity index (χ1v) is 6.84. The molecule has 0 aromatic carbocycles. The molecule has 0 atom stereocenters. The lowest BCUT2D eigenvalue weighted by Crippen LogP contribution is -2.46. The van der Waals surface area contributed by atoms with Crippen LogP contribution >= 0.6 is 0 Å². The molecule has 1 aromatic heterocycles. The Morgan fingerprint density at radius 1 is 1.22 bits per heavy atom. The lowest BCUT2D eigenvalue weighted by molar-refractivity contribution is 0.127. The lowest BCUT2D eigenvalue weighted by atomic mass is 10.1. The van der Waals surface area contributed by atoms with E-state index in [1.165, 1.54) is 37.2 Å². The van der Waals surface area contributed by atoms with Crippen LogP contribution in [0.4, 0.5) is 5.82 Å². The third-order valence-corrected chi connectivity index (χ3v) is 3.64. The number of aryl methyl sites for hydroxylation is 1. The van der Waals surface area contributed by atoms with Crippen LogP contribution < -0.4 is 5.73 Å². The topological polar surface area (TPSA) is 45.4 Å². The molecule has 18 heavy (non-hydrogen) atoms. The highest BCUT2D eigenvalue weighted by Gasteiger charge is 2.16. The zero-order chi connectivity index (χ0) is 13.0. The molecule has 1 saturated heterocycles. The highest BCUT2D eigenvalue weighted by atomic mass is 15.3. The van der Waals surface area contributed by atoms with Gasteiger partial charge in [0.05, 0.1) is 0 Å². The molecule has 4 nitrogen and oxygen atoms in total. The Balaban J connectivity index is 1.87. The maximum atomic E-state index is 5.68. The van der Waals surface area contributed by atoms with E-state index in [1.807, 2.05) is 12.3 Å². The molecule has 2 heterocycles. The van der Waals surface area contributed by atoms with Crippen LogP contribution in [0.2, 0.25) is 0 Å². The van der Waals surface area contributed by atoms with Crippen LogP contribution in [-0.4, -0.2) is 47.5 Å². The molecule has 0 unspecified atom stereocenters. The normalized spacial score (nSPS) is 18.1. The van der Waals surface area contributed by atoms with Gasteiger partial charge < -0.3 is 10.6 Å². The van der Waals surface area contributed by atoms with Crippen LogP contribution in [-0.2, 0) is 6.54 Å². The average molecular weight is 248 g/mol. The molecule has 2 N–H and O–H groups in total. The molecule has 0 radical (unpaired) electrons. The van der Waals surface area contributed by atoms with Crippen molar-refractivity contribution in [3.05, 3.63) is 23.4 Å². The molecular weight excluding hydrogens is 224 g/mol. The number of pyridine rings is 1. The number of hydrogen-bond acceptors (Lipinski definition) is 4. The van der Waals surface area contributed by atoms with Gasteiger partial charge in [0.15, 0.2) is 0 Å². The van der Waals surface area contributed by atoms with E-state index in [4.69, 9.17) is 5.73 Å². The molecule has 0 bridgehead atoms. The first-order valence-electron chi connectivity index (χ1n) is 6.84. The molecule has 4 heteroatoms. The van der Waals surface area contributed by atoms with Gasteiger partial charge in [-0.2, -0.15) is 0 Å². The van der Waals surface area contributed by atoms with Gasteiger partial charge in [-0.15, -0.1) is 0 Å². The number of piperazine rings is 1. The van der Waals surface area contributed by atoms with Gasteiger partial charge in [0.25, 0.3) is 0 Å². The molecule has 100 valence electrons. The SMILES string of the molecule is CCCN1CCN(Cc2cnc(N)cc2C)CC1. The van der Waals surface area contributed by atoms with Gasteiger partial charge in [-0.3, -0.25) is 4.90 Å². The zero-order valence-corrected chi connectivity index (χ0v) is 11.5. The maximum Gasteiger partial charge on any atom is 0.123 e. The molecule has 0 amide bonds. The summed E-state index contributed by atoms with van der Waals surface area (Å²) in [4.78, 5) is 9.24. The summed E-state index contributed by atoms with van der Waals surface area (Å²) in [7, 11) is 0. The summed E-state index contributed by atoms with van der Waals surface area (Å²) < 4.78 is 0. The van der Waals surface area contributed by atoms with E-state index in [2.05, 4.69) is 28.6 Å². The molecule has 0 aliphatic carbocycles. The van der Waals surface area contributed by atoms with Gasteiger partial charge in [0.1, 0.15) is 5.82 Å². The van der Waals surface area contributed by atoms with Crippen LogP contribution in [0.1, 0.15) is 24.5 Å². The quantitative estimate of drug-likeness (QED) is 0.877. The van der Waals surface area contributed by atoms with Gasteiger partial charge in [-0.25, -0.2) is 4.98 Å². The van der Waals surface area contributed by atoms with Crippen LogP contribution in [0, 0.1) is 6.92 Å². The minimum Gasteiger partial charge on any atom is -0.384 e. The fourth-order valence-corrected chi connectivity index (χ4v) is 2.50. The fourth-order valence-electron chi connectivity index (χ4n) is 2.50. The van der Waals surface area contributed by atoms with Gasteiger partial charge in [0, 0.05) is 38.9 Å². The Kier molecular flexibility index (Phi) is 4.55. The summed E-state index contributed by atoms with van der Waals surface area (Å²) in [5.41, 5.74) is 8.23. The second kappa shape index (κ2) is 6.16. The van der Waals surface area contributed by atoms with E-state index in [1.54, 1.807) is 0 Å². The van der Waals surface area contributed by atoms with Crippen molar-refractivity contribution in [3.8, 4) is 0 Å². The van der Waals surface area contributed by atoms with Gasteiger partial charge >= 0.3 is 0 Å². The number of aromatic nitrogens is 1. The molecule has 1 aromatic rings. The lowest BCUT2D eigenvalue weighted by Gasteiger charge is -2.34. The third kappa shape index (κ3) is 3.43. The van der Waals surface area contributed by atoms with E-state index in [-0.39, 0.29) is 0 Å². The van der Waals surface area contributed by atoms with E-state index in [9.17, 15) is 0 Å². The Hall–Kier alpha value is -1.13. The minimum atomic E-state index is 0.615. The zero-order valence-electron chi connectivity index (χ0n) is 11.5. The maximum absolute atomic E-state index is 5.68. The van der Waals surface area contributed by atoms with Crippen LogP contribution in [0.15, 0.2) is 12.3 Å². The van der Waals surface area contributed by atoms with Crippen molar-refractivity contribution in [2.24, 2.45) is 0 Å². The van der Waals surface area contributed by atoms with E-state index in [0.29, 0.717) is 5.82 Å². The molecule has 2 rings (SSSR count). The molecule has 0 saturated carbocycles. The fraction of sp³-hybridized carbons (Fsp3) is 0.643. The van der Waals surface area contributed by atoms with Gasteiger partial charge in [0.2, 0.25) is 0 Å². The second-order valence-electron chi connectivity index (χ2n) is 5.15. The standard InChI is InChI=1S/C14H24N4/c1-3-4-17-5-7-18(8-6-17)11-13-10-16-14(15)9-12(13)2/h9-10H,3-8,11H2,1-2H3,(H2,15,16). The molecule has 1 aliphatic rings.